The summed E-state index contributed by atoms with van der Waals surface area (Å²) in [4.78, 5) is 20.9. The van der Waals surface area contributed by atoms with E-state index < -0.39 is 0 Å². The molecule has 3 aliphatic rings. The van der Waals surface area contributed by atoms with Gasteiger partial charge in [-0.15, -0.1) is 0 Å². The van der Waals surface area contributed by atoms with Gasteiger partial charge >= 0.3 is 0 Å². The molecular weight excluding hydrogens is 378 g/mol. The first-order valence-corrected chi connectivity index (χ1v) is 10.1. The Balaban J connectivity index is 1.20. The van der Waals surface area contributed by atoms with Gasteiger partial charge in [0.15, 0.2) is 0 Å². The highest BCUT2D eigenvalue weighted by molar-refractivity contribution is 6.32. The predicted molar refractivity (Wildman–Crippen MR) is 105 cm³/mol. The molecule has 1 aromatic carbocycles. The number of ether oxygens (including phenoxy) is 1. The summed E-state index contributed by atoms with van der Waals surface area (Å²) in [6.07, 6.45) is 8.95. The first-order valence-electron chi connectivity index (χ1n) is 9.71. The molecule has 7 nitrogen and oxygen atoms in total. The number of carbonyl (C=O) groups excluding carboxylic acids is 1. The Labute approximate surface area is 168 Å². The van der Waals surface area contributed by atoms with Crippen LogP contribution in [0.5, 0.6) is 5.75 Å². The quantitative estimate of drug-likeness (QED) is 0.711. The van der Waals surface area contributed by atoms with Gasteiger partial charge < -0.3 is 10.1 Å². The van der Waals surface area contributed by atoms with Crippen LogP contribution in [0.15, 0.2) is 30.7 Å². The van der Waals surface area contributed by atoms with Gasteiger partial charge in [0.25, 0.3) is 0 Å². The third-order valence-electron chi connectivity index (χ3n) is 5.66. The number of nitrogens with zero attached hydrogens (tertiary/aromatic N) is 2. The zero-order valence-electron chi connectivity index (χ0n) is 15.3. The number of amides is 1. The number of aromatic nitrogens is 2. The molecule has 1 saturated carbocycles. The Morgan fingerprint density at radius 2 is 2.18 bits per heavy atom. The van der Waals surface area contributed by atoms with Gasteiger partial charge in [-0.25, -0.2) is 5.43 Å². The van der Waals surface area contributed by atoms with Gasteiger partial charge in [-0.3, -0.25) is 20.2 Å². The number of hydrogen-bond donors (Lipinski definition) is 3. The van der Waals surface area contributed by atoms with Crippen LogP contribution < -0.4 is 20.9 Å². The van der Waals surface area contributed by atoms with Crippen LogP contribution in [-0.2, 0) is 11.2 Å². The summed E-state index contributed by atoms with van der Waals surface area (Å²) in [5.74, 6) is 1.44. The van der Waals surface area contributed by atoms with E-state index in [4.69, 9.17) is 16.3 Å². The predicted octanol–water partition coefficient (Wildman–Crippen LogP) is 1.86. The first-order chi connectivity index (χ1) is 13.7. The van der Waals surface area contributed by atoms with Crippen molar-refractivity contribution in [3.05, 3.63) is 41.3 Å². The van der Waals surface area contributed by atoms with Crippen LogP contribution in [0.4, 0.5) is 0 Å². The molecule has 3 N–H and O–H groups in total. The van der Waals surface area contributed by atoms with Crippen molar-refractivity contribution in [1.82, 2.24) is 26.1 Å². The summed E-state index contributed by atoms with van der Waals surface area (Å²) >= 11 is 6.43. The Kier molecular flexibility index (Phi) is 4.66. The second-order valence-electron chi connectivity index (χ2n) is 7.75. The van der Waals surface area contributed by atoms with Crippen LogP contribution in [0, 0.1) is 5.92 Å². The number of carbonyl (C=O) groups is 1. The Morgan fingerprint density at radius 1 is 1.29 bits per heavy atom. The number of hydrazine groups is 1. The monoisotopic (exact) mass is 399 g/mol. The molecule has 1 aromatic heterocycles. The molecule has 2 aliphatic heterocycles. The largest absolute Gasteiger partial charge is 0.486 e. The molecule has 3 heterocycles. The highest BCUT2D eigenvalue weighted by Crippen LogP contribution is 2.39. The van der Waals surface area contributed by atoms with E-state index in [1.54, 1.807) is 18.6 Å². The van der Waals surface area contributed by atoms with Gasteiger partial charge in [0.1, 0.15) is 17.9 Å². The van der Waals surface area contributed by atoms with Gasteiger partial charge in [0.2, 0.25) is 5.91 Å². The maximum Gasteiger partial charge on any atom is 0.238 e. The summed E-state index contributed by atoms with van der Waals surface area (Å²) in [6, 6.07) is 4.12. The van der Waals surface area contributed by atoms with Crippen molar-refractivity contribution in [1.29, 1.82) is 0 Å². The SMILES string of the molecule is O=C(NCC1Cc2cc(-c3cnccn3)cc(Cl)c2O1)C1CC(C2CC2)NN1. The second kappa shape index (κ2) is 7.31. The van der Waals surface area contributed by atoms with E-state index in [1.165, 1.54) is 12.8 Å². The number of nitrogens with one attached hydrogen (secondary N) is 3. The number of hydrogen-bond acceptors (Lipinski definition) is 6. The second-order valence-corrected chi connectivity index (χ2v) is 8.15. The standard InChI is InChI=1S/C20H22ClN5O2/c21-15-7-12(18-10-22-3-4-23-18)5-13-6-14(28-19(13)15)9-24-20(27)17-8-16(25-26-17)11-1-2-11/h3-5,7,10-11,14,16-17,25-26H,1-2,6,8-9H2,(H,24,27). The zero-order valence-corrected chi connectivity index (χ0v) is 16.1. The van der Waals surface area contributed by atoms with Crippen LogP contribution in [0.1, 0.15) is 24.8 Å². The minimum Gasteiger partial charge on any atom is -0.486 e. The lowest BCUT2D eigenvalue weighted by Gasteiger charge is -2.15. The summed E-state index contributed by atoms with van der Waals surface area (Å²) in [5.41, 5.74) is 9.08. The van der Waals surface area contributed by atoms with E-state index in [0.29, 0.717) is 29.8 Å². The highest BCUT2D eigenvalue weighted by Gasteiger charge is 2.39. The van der Waals surface area contributed by atoms with Crippen molar-refractivity contribution in [2.24, 2.45) is 5.92 Å². The lowest BCUT2D eigenvalue weighted by atomic mass is 10.0. The van der Waals surface area contributed by atoms with Gasteiger partial charge in [0.05, 0.1) is 23.5 Å². The number of fused-ring (bicyclic) bond motifs is 1. The lowest BCUT2D eigenvalue weighted by Crippen LogP contribution is -2.46. The number of benzene rings is 1. The van der Waals surface area contributed by atoms with Crippen LogP contribution in [0.2, 0.25) is 5.02 Å². The van der Waals surface area contributed by atoms with E-state index in [9.17, 15) is 4.79 Å². The van der Waals surface area contributed by atoms with Crippen molar-refractivity contribution < 1.29 is 9.53 Å². The molecule has 5 rings (SSSR count). The third-order valence-corrected chi connectivity index (χ3v) is 5.94. The molecule has 1 saturated heterocycles. The maximum atomic E-state index is 12.5. The third kappa shape index (κ3) is 3.57. The Morgan fingerprint density at radius 3 is 2.96 bits per heavy atom. The number of halogens is 1. The molecule has 3 atom stereocenters. The molecule has 146 valence electrons. The highest BCUT2D eigenvalue weighted by atomic mass is 35.5. The van der Waals surface area contributed by atoms with Crippen LogP contribution in [-0.4, -0.2) is 40.6 Å². The van der Waals surface area contributed by atoms with Gasteiger partial charge in [-0.05, 0) is 37.3 Å². The minimum absolute atomic E-state index is 0.0153. The molecule has 0 radical (unpaired) electrons. The molecule has 2 aromatic rings. The van der Waals surface area contributed by atoms with E-state index in [-0.39, 0.29) is 18.1 Å². The molecule has 1 amide bonds. The molecule has 28 heavy (non-hydrogen) atoms. The number of rotatable bonds is 5. The topological polar surface area (TPSA) is 88.2 Å². The first kappa shape index (κ1) is 17.8. The average molecular weight is 400 g/mol. The molecule has 2 fully saturated rings. The summed E-state index contributed by atoms with van der Waals surface area (Å²) < 4.78 is 5.99. The van der Waals surface area contributed by atoms with Gasteiger partial charge in [-0.1, -0.05) is 11.6 Å². The van der Waals surface area contributed by atoms with Crippen molar-refractivity contribution in [3.63, 3.8) is 0 Å². The molecule has 3 unspecified atom stereocenters. The normalized spacial score (nSPS) is 26.0. The van der Waals surface area contributed by atoms with Crippen molar-refractivity contribution in [2.75, 3.05) is 6.54 Å². The maximum absolute atomic E-state index is 12.5. The van der Waals surface area contributed by atoms with E-state index >= 15 is 0 Å². The van der Waals surface area contributed by atoms with Crippen molar-refractivity contribution in [3.8, 4) is 17.0 Å². The fourth-order valence-corrected chi connectivity index (χ4v) is 4.28. The van der Waals surface area contributed by atoms with Crippen LogP contribution in [0.3, 0.4) is 0 Å². The molecule has 8 heteroatoms. The van der Waals surface area contributed by atoms with Crippen molar-refractivity contribution >= 4 is 17.5 Å². The van der Waals surface area contributed by atoms with Gasteiger partial charge in [0, 0.05) is 36.0 Å². The Hall–Kier alpha value is -2.22. The molecular formula is C20H22ClN5O2. The minimum atomic E-state index is -0.179. The van der Waals surface area contributed by atoms with E-state index in [1.807, 2.05) is 12.1 Å². The van der Waals surface area contributed by atoms with Gasteiger partial charge in [-0.2, -0.15) is 0 Å². The lowest BCUT2D eigenvalue weighted by molar-refractivity contribution is -0.123. The fraction of sp³-hybridized carbons (Fsp3) is 0.450. The molecule has 0 bridgehead atoms. The van der Waals surface area contributed by atoms with E-state index in [2.05, 4.69) is 26.1 Å². The van der Waals surface area contributed by atoms with Crippen molar-refractivity contribution in [2.45, 2.75) is 43.9 Å². The summed E-state index contributed by atoms with van der Waals surface area (Å²) in [5, 5.41) is 3.57. The molecule has 0 spiro atoms. The average Bonchev–Trinajstić information content (AvgIpc) is 3.28. The fourth-order valence-electron chi connectivity index (χ4n) is 4.00. The summed E-state index contributed by atoms with van der Waals surface area (Å²) in [7, 11) is 0. The Bertz CT molecular complexity index is 890. The summed E-state index contributed by atoms with van der Waals surface area (Å²) in [6.45, 7) is 0.455. The zero-order chi connectivity index (χ0) is 19.1. The van der Waals surface area contributed by atoms with Crippen LogP contribution in [0.25, 0.3) is 11.3 Å². The smallest absolute Gasteiger partial charge is 0.238 e. The van der Waals surface area contributed by atoms with Crippen LogP contribution >= 0.6 is 11.6 Å². The molecule has 1 aliphatic carbocycles. The van der Waals surface area contributed by atoms with E-state index in [0.717, 1.165) is 29.2 Å².